The second-order valence-electron chi connectivity index (χ2n) is 3.95. The van der Waals surface area contributed by atoms with Gasteiger partial charge in [-0.15, -0.1) is 0 Å². The summed E-state index contributed by atoms with van der Waals surface area (Å²) in [4.78, 5) is 9.16. The minimum Gasteiger partial charge on any atom is -0.254 e. The molecule has 0 aromatic heterocycles. The molecule has 0 aliphatic carbocycles. The van der Waals surface area contributed by atoms with E-state index >= 15 is 0 Å². The molecule has 1 aliphatic heterocycles. The first-order chi connectivity index (χ1) is 7.22. The van der Waals surface area contributed by atoms with Crippen LogP contribution in [0.15, 0.2) is 29.3 Å². The normalized spacial score (nSPS) is 23.8. The first-order valence-corrected chi connectivity index (χ1v) is 5.22. The maximum atomic E-state index is 9.09. The van der Waals surface area contributed by atoms with E-state index in [1.807, 2.05) is 31.2 Å². The van der Waals surface area contributed by atoms with Crippen molar-refractivity contribution in [2.45, 2.75) is 32.3 Å². The Labute approximate surface area is 89.3 Å². The lowest BCUT2D eigenvalue weighted by Gasteiger charge is -2.23. The molecule has 1 atom stereocenters. The fourth-order valence-corrected chi connectivity index (χ4v) is 2.02. The molecule has 1 aromatic carbocycles. The smallest absolute Gasteiger partial charge is 0.165 e. The van der Waals surface area contributed by atoms with Crippen molar-refractivity contribution in [1.82, 2.24) is 0 Å². The van der Waals surface area contributed by atoms with Crippen LogP contribution in [0.4, 0.5) is 5.69 Å². The Morgan fingerprint density at radius 3 is 2.80 bits per heavy atom. The molecule has 15 heavy (non-hydrogen) atoms. The van der Waals surface area contributed by atoms with Gasteiger partial charge in [-0.2, -0.15) is 0 Å². The van der Waals surface area contributed by atoms with Gasteiger partial charge in [-0.05, 0) is 19.4 Å². The van der Waals surface area contributed by atoms with Gasteiger partial charge >= 0.3 is 0 Å². The molecule has 1 N–H and O–H groups in total. The lowest BCUT2D eigenvalue weighted by Crippen LogP contribution is -2.31. The van der Waals surface area contributed by atoms with Crippen molar-refractivity contribution in [2.24, 2.45) is 4.99 Å². The maximum absolute atomic E-state index is 9.09. The lowest BCUT2D eigenvalue weighted by molar-refractivity contribution is -0.299. The van der Waals surface area contributed by atoms with Gasteiger partial charge in [-0.25, -0.2) is 4.89 Å². The van der Waals surface area contributed by atoms with Gasteiger partial charge < -0.3 is 0 Å². The first-order valence-electron chi connectivity index (χ1n) is 5.22. The summed E-state index contributed by atoms with van der Waals surface area (Å²) >= 11 is 0. The Balaban J connectivity index is 2.47. The highest BCUT2D eigenvalue weighted by Gasteiger charge is 2.40. The number of hydrogen-bond acceptors (Lipinski definition) is 3. The molecule has 80 valence electrons. The first kappa shape index (κ1) is 10.3. The molecule has 0 fully saturated rings. The summed E-state index contributed by atoms with van der Waals surface area (Å²) in [7, 11) is 0. The van der Waals surface area contributed by atoms with Gasteiger partial charge in [0.25, 0.3) is 0 Å². The van der Waals surface area contributed by atoms with Crippen LogP contribution in [0.25, 0.3) is 0 Å². The topological polar surface area (TPSA) is 41.8 Å². The average molecular weight is 205 g/mol. The summed E-state index contributed by atoms with van der Waals surface area (Å²) in [5.74, 6) is 0. The van der Waals surface area contributed by atoms with Crippen LogP contribution in [-0.2, 0) is 10.5 Å². The minimum atomic E-state index is -0.757. The van der Waals surface area contributed by atoms with E-state index in [1.165, 1.54) is 0 Å². The Kier molecular flexibility index (Phi) is 2.59. The molecule has 0 spiro atoms. The fourth-order valence-electron chi connectivity index (χ4n) is 2.02. The number of aliphatic imine (C=N–C) groups is 1. The molecule has 0 saturated carbocycles. The number of rotatable bonds is 3. The highest BCUT2D eigenvalue weighted by atomic mass is 17.1. The van der Waals surface area contributed by atoms with Crippen molar-refractivity contribution in [2.75, 3.05) is 0 Å². The van der Waals surface area contributed by atoms with E-state index in [0.717, 1.165) is 29.8 Å². The largest absolute Gasteiger partial charge is 0.254 e. The van der Waals surface area contributed by atoms with Crippen LogP contribution in [0, 0.1) is 0 Å². The van der Waals surface area contributed by atoms with Crippen LogP contribution in [0.1, 0.15) is 32.3 Å². The molecule has 1 aromatic rings. The standard InChI is InChI=1S/C12H15NO2/c1-3-6-11-12(2,15-14)9-7-4-5-8-10(9)13-11/h4-5,7-8,14H,3,6H2,1-2H3. The third kappa shape index (κ3) is 1.48. The lowest BCUT2D eigenvalue weighted by atomic mass is 9.90. The van der Waals surface area contributed by atoms with Crippen molar-refractivity contribution < 1.29 is 10.1 Å². The van der Waals surface area contributed by atoms with Gasteiger partial charge in [0.05, 0.1) is 11.4 Å². The molecule has 1 unspecified atom stereocenters. The molecule has 1 aliphatic rings. The van der Waals surface area contributed by atoms with Crippen LogP contribution in [0.2, 0.25) is 0 Å². The predicted molar refractivity (Wildman–Crippen MR) is 59.5 cm³/mol. The molecule has 2 rings (SSSR count). The summed E-state index contributed by atoms with van der Waals surface area (Å²) in [6.07, 6.45) is 1.83. The Morgan fingerprint density at radius 1 is 1.40 bits per heavy atom. The van der Waals surface area contributed by atoms with Gasteiger partial charge in [0, 0.05) is 5.56 Å². The third-order valence-corrected chi connectivity index (χ3v) is 2.89. The van der Waals surface area contributed by atoms with E-state index in [4.69, 9.17) is 5.26 Å². The highest BCUT2D eigenvalue weighted by Crippen LogP contribution is 2.41. The zero-order valence-corrected chi connectivity index (χ0v) is 9.03. The highest BCUT2D eigenvalue weighted by molar-refractivity contribution is 6.00. The maximum Gasteiger partial charge on any atom is 0.165 e. The van der Waals surface area contributed by atoms with Crippen LogP contribution >= 0.6 is 0 Å². The molecule has 3 nitrogen and oxygen atoms in total. The quantitative estimate of drug-likeness (QED) is 0.607. The molecular weight excluding hydrogens is 190 g/mol. The van der Waals surface area contributed by atoms with Crippen molar-refractivity contribution in [3.63, 3.8) is 0 Å². The minimum absolute atomic E-state index is 0.757. The number of fused-ring (bicyclic) bond motifs is 1. The van der Waals surface area contributed by atoms with E-state index in [0.29, 0.717) is 0 Å². The predicted octanol–water partition coefficient (Wildman–Crippen LogP) is 3.28. The summed E-state index contributed by atoms with van der Waals surface area (Å²) in [6.45, 7) is 3.94. The van der Waals surface area contributed by atoms with Gasteiger partial charge in [-0.3, -0.25) is 10.2 Å². The van der Waals surface area contributed by atoms with Crippen molar-refractivity contribution in [1.29, 1.82) is 0 Å². The van der Waals surface area contributed by atoms with Gasteiger partial charge in [-0.1, -0.05) is 31.5 Å². The molecule has 0 bridgehead atoms. The van der Waals surface area contributed by atoms with E-state index in [9.17, 15) is 0 Å². The molecule has 3 heteroatoms. The molecule has 0 saturated heterocycles. The second-order valence-corrected chi connectivity index (χ2v) is 3.95. The summed E-state index contributed by atoms with van der Waals surface area (Å²) in [5, 5.41) is 9.09. The van der Waals surface area contributed by atoms with Gasteiger partial charge in [0.15, 0.2) is 5.60 Å². The van der Waals surface area contributed by atoms with Gasteiger partial charge in [0.2, 0.25) is 0 Å². The van der Waals surface area contributed by atoms with Crippen molar-refractivity contribution >= 4 is 11.4 Å². The van der Waals surface area contributed by atoms with E-state index < -0.39 is 5.60 Å². The fraction of sp³-hybridized carbons (Fsp3) is 0.417. The molecule has 1 heterocycles. The summed E-state index contributed by atoms with van der Waals surface area (Å²) < 4.78 is 0. The number of hydrogen-bond donors (Lipinski definition) is 1. The van der Waals surface area contributed by atoms with Crippen LogP contribution in [0.3, 0.4) is 0 Å². The Morgan fingerprint density at radius 2 is 2.13 bits per heavy atom. The third-order valence-electron chi connectivity index (χ3n) is 2.89. The van der Waals surface area contributed by atoms with Gasteiger partial charge in [0.1, 0.15) is 0 Å². The van der Waals surface area contributed by atoms with E-state index in [1.54, 1.807) is 0 Å². The summed E-state index contributed by atoms with van der Waals surface area (Å²) in [5.41, 5.74) is 1.98. The average Bonchev–Trinajstić information content (AvgIpc) is 2.55. The van der Waals surface area contributed by atoms with Crippen LogP contribution in [0.5, 0.6) is 0 Å². The SMILES string of the molecule is CCCC1=Nc2ccccc2C1(C)OO. The monoisotopic (exact) mass is 205 g/mol. The Hall–Kier alpha value is -1.19. The number of para-hydroxylation sites is 1. The van der Waals surface area contributed by atoms with Crippen LogP contribution in [-0.4, -0.2) is 11.0 Å². The van der Waals surface area contributed by atoms with Crippen molar-refractivity contribution in [3.05, 3.63) is 29.8 Å². The molecule has 0 radical (unpaired) electrons. The zero-order chi connectivity index (χ0) is 10.9. The summed E-state index contributed by atoms with van der Waals surface area (Å²) in [6, 6.07) is 7.75. The number of nitrogens with zero attached hydrogens (tertiary/aromatic N) is 1. The Bertz CT molecular complexity index is 400. The zero-order valence-electron chi connectivity index (χ0n) is 9.03. The van der Waals surface area contributed by atoms with Crippen LogP contribution < -0.4 is 0 Å². The van der Waals surface area contributed by atoms with Crippen molar-refractivity contribution in [3.8, 4) is 0 Å². The molecular formula is C12H15NO2. The second kappa shape index (κ2) is 3.76. The van der Waals surface area contributed by atoms with E-state index in [-0.39, 0.29) is 0 Å². The van der Waals surface area contributed by atoms with E-state index in [2.05, 4.69) is 16.8 Å². The molecule has 0 amide bonds. The number of benzene rings is 1.